The molecular weight excluding hydrogens is 250 g/mol. The fourth-order valence-corrected chi connectivity index (χ4v) is 2.87. The number of nitrogens with one attached hydrogen (secondary N) is 1. The summed E-state index contributed by atoms with van der Waals surface area (Å²) >= 11 is 0. The summed E-state index contributed by atoms with van der Waals surface area (Å²) in [6, 6.07) is 6.05. The van der Waals surface area contributed by atoms with E-state index in [0.717, 1.165) is 18.7 Å². The molecule has 0 aliphatic carbocycles. The monoisotopic (exact) mass is 273 g/mol. The van der Waals surface area contributed by atoms with Crippen molar-refractivity contribution in [1.29, 1.82) is 5.26 Å². The van der Waals surface area contributed by atoms with Gasteiger partial charge in [0.05, 0.1) is 0 Å². The third kappa shape index (κ3) is 3.29. The van der Waals surface area contributed by atoms with Gasteiger partial charge in [0, 0.05) is 18.3 Å². The highest BCUT2D eigenvalue weighted by atomic mass is 16.1. The number of rotatable bonds is 4. The molecule has 2 heterocycles. The molecule has 0 spiro atoms. The van der Waals surface area contributed by atoms with Crippen LogP contribution < -0.4 is 10.9 Å². The lowest BCUT2D eigenvalue weighted by molar-refractivity contribution is 0.362. The Bertz CT molecular complexity index is 548. The lowest BCUT2D eigenvalue weighted by Crippen LogP contribution is -2.36. The predicted molar refractivity (Wildman–Crippen MR) is 79.8 cm³/mol. The van der Waals surface area contributed by atoms with Crippen LogP contribution >= 0.6 is 0 Å². The predicted octanol–water partition coefficient (Wildman–Crippen LogP) is 2.38. The zero-order valence-electron chi connectivity index (χ0n) is 12.4. The van der Waals surface area contributed by atoms with Gasteiger partial charge in [-0.15, -0.1) is 0 Å². The van der Waals surface area contributed by atoms with Crippen molar-refractivity contribution in [3.8, 4) is 6.07 Å². The first kappa shape index (κ1) is 14.8. The van der Waals surface area contributed by atoms with Crippen LogP contribution in [0.25, 0.3) is 0 Å². The second kappa shape index (κ2) is 6.71. The summed E-state index contributed by atoms with van der Waals surface area (Å²) in [5.41, 5.74) is 1.12. The van der Waals surface area contributed by atoms with Crippen molar-refractivity contribution in [3.63, 3.8) is 0 Å². The first-order valence-corrected chi connectivity index (χ1v) is 7.50. The van der Waals surface area contributed by atoms with Gasteiger partial charge in [0.1, 0.15) is 11.6 Å². The molecule has 1 unspecified atom stereocenters. The highest BCUT2D eigenvalue weighted by molar-refractivity contribution is 5.28. The fourth-order valence-electron chi connectivity index (χ4n) is 2.87. The highest BCUT2D eigenvalue weighted by Crippen LogP contribution is 2.15. The van der Waals surface area contributed by atoms with Crippen molar-refractivity contribution < 1.29 is 0 Å². The number of piperidine rings is 1. The summed E-state index contributed by atoms with van der Waals surface area (Å²) < 4.78 is 1.79. The lowest BCUT2D eigenvalue weighted by Gasteiger charge is -2.24. The number of pyridine rings is 1. The van der Waals surface area contributed by atoms with Crippen LogP contribution in [0.5, 0.6) is 0 Å². The van der Waals surface area contributed by atoms with Crippen LogP contribution in [0.2, 0.25) is 0 Å². The van der Waals surface area contributed by atoms with Crippen LogP contribution in [0.3, 0.4) is 0 Å². The Morgan fingerprint density at radius 2 is 2.25 bits per heavy atom. The van der Waals surface area contributed by atoms with Gasteiger partial charge in [-0.2, -0.15) is 5.26 Å². The number of hydrogen-bond donors (Lipinski definition) is 1. The van der Waals surface area contributed by atoms with Crippen LogP contribution in [0.15, 0.2) is 16.9 Å². The summed E-state index contributed by atoms with van der Waals surface area (Å²) in [5, 5.41) is 12.5. The molecule has 1 aliphatic heterocycles. The molecular formula is C16H23N3O. The van der Waals surface area contributed by atoms with Gasteiger partial charge in [0.25, 0.3) is 5.56 Å². The first-order chi connectivity index (χ1) is 9.63. The summed E-state index contributed by atoms with van der Waals surface area (Å²) in [6.07, 6.45) is 4.65. The van der Waals surface area contributed by atoms with Gasteiger partial charge in [-0.25, -0.2) is 0 Å². The Balaban J connectivity index is 2.20. The van der Waals surface area contributed by atoms with Crippen molar-refractivity contribution >= 4 is 0 Å². The van der Waals surface area contributed by atoms with Gasteiger partial charge in [-0.1, -0.05) is 20.3 Å². The number of nitriles is 1. The van der Waals surface area contributed by atoms with E-state index >= 15 is 0 Å². The highest BCUT2D eigenvalue weighted by Gasteiger charge is 2.15. The minimum Gasteiger partial charge on any atom is -0.314 e. The van der Waals surface area contributed by atoms with E-state index in [1.54, 1.807) is 10.6 Å². The van der Waals surface area contributed by atoms with E-state index in [9.17, 15) is 4.79 Å². The molecule has 1 aliphatic rings. The summed E-state index contributed by atoms with van der Waals surface area (Å²) in [4.78, 5) is 12.3. The summed E-state index contributed by atoms with van der Waals surface area (Å²) in [7, 11) is 0. The van der Waals surface area contributed by atoms with Gasteiger partial charge < -0.3 is 9.88 Å². The van der Waals surface area contributed by atoms with Crippen LogP contribution in [0, 0.1) is 11.3 Å². The Morgan fingerprint density at radius 3 is 2.85 bits per heavy atom. The minimum absolute atomic E-state index is 0.144. The molecule has 1 atom stereocenters. The zero-order chi connectivity index (χ0) is 14.5. The topological polar surface area (TPSA) is 57.8 Å². The van der Waals surface area contributed by atoms with Crippen LogP contribution in [0.4, 0.5) is 0 Å². The molecule has 1 aromatic rings. The van der Waals surface area contributed by atoms with Crippen LogP contribution in [-0.4, -0.2) is 17.2 Å². The van der Waals surface area contributed by atoms with E-state index < -0.39 is 0 Å². The number of nitrogens with zero attached hydrogens (tertiary/aromatic N) is 2. The third-order valence-corrected chi connectivity index (χ3v) is 4.03. The molecule has 1 fully saturated rings. The molecule has 4 nitrogen and oxygen atoms in total. The van der Waals surface area contributed by atoms with Crippen molar-refractivity contribution in [2.75, 3.05) is 6.54 Å². The van der Waals surface area contributed by atoms with E-state index in [2.05, 4.69) is 19.2 Å². The summed E-state index contributed by atoms with van der Waals surface area (Å²) in [5.74, 6) is 0.287. The van der Waals surface area contributed by atoms with E-state index in [0.29, 0.717) is 12.6 Å². The maximum atomic E-state index is 12.3. The van der Waals surface area contributed by atoms with E-state index in [1.807, 2.05) is 12.1 Å². The molecule has 0 aromatic carbocycles. The molecule has 0 bridgehead atoms. The average Bonchev–Trinajstić information content (AvgIpc) is 2.46. The second-order valence-electron chi connectivity index (χ2n) is 5.83. The van der Waals surface area contributed by atoms with Gasteiger partial charge in [-0.3, -0.25) is 4.79 Å². The molecule has 1 aromatic heterocycles. The zero-order valence-corrected chi connectivity index (χ0v) is 12.4. The smallest absolute Gasteiger partial charge is 0.268 e. The van der Waals surface area contributed by atoms with Crippen molar-refractivity contribution in [2.24, 2.45) is 0 Å². The maximum Gasteiger partial charge on any atom is 0.268 e. The van der Waals surface area contributed by atoms with Gasteiger partial charge in [0.15, 0.2) is 0 Å². The normalized spacial score (nSPS) is 19.0. The van der Waals surface area contributed by atoms with Crippen LogP contribution in [-0.2, 0) is 6.54 Å². The Hall–Kier alpha value is -1.60. The molecule has 0 radical (unpaired) electrons. The Labute approximate surface area is 120 Å². The van der Waals surface area contributed by atoms with E-state index in [4.69, 9.17) is 5.26 Å². The first-order valence-electron chi connectivity index (χ1n) is 7.50. The van der Waals surface area contributed by atoms with Crippen molar-refractivity contribution in [3.05, 3.63) is 33.7 Å². The number of aromatic nitrogens is 1. The molecule has 1 saturated heterocycles. The third-order valence-electron chi connectivity index (χ3n) is 4.03. The molecule has 1 N–H and O–H groups in total. The van der Waals surface area contributed by atoms with Crippen molar-refractivity contribution in [1.82, 2.24) is 9.88 Å². The van der Waals surface area contributed by atoms with E-state index in [-0.39, 0.29) is 17.0 Å². The minimum atomic E-state index is -0.144. The standard InChI is InChI=1S/C16H23N3O/c1-12(2)15-7-6-13(11-17)16(20)19(15)10-8-14-5-3-4-9-18-14/h6-7,12,14,18H,3-5,8-10H2,1-2H3. The molecule has 2 rings (SSSR count). The average molecular weight is 273 g/mol. The van der Waals surface area contributed by atoms with Crippen molar-refractivity contribution in [2.45, 2.75) is 58.0 Å². The van der Waals surface area contributed by atoms with Gasteiger partial charge in [-0.05, 0) is 43.9 Å². The summed E-state index contributed by atoms with van der Waals surface area (Å²) in [6.45, 7) is 5.93. The quantitative estimate of drug-likeness (QED) is 0.916. The second-order valence-corrected chi connectivity index (χ2v) is 5.83. The van der Waals surface area contributed by atoms with Gasteiger partial charge in [0.2, 0.25) is 0 Å². The SMILES string of the molecule is CC(C)c1ccc(C#N)c(=O)n1CCC1CCCCN1. The van der Waals surface area contributed by atoms with Crippen LogP contribution in [0.1, 0.15) is 56.7 Å². The van der Waals surface area contributed by atoms with Gasteiger partial charge >= 0.3 is 0 Å². The number of hydrogen-bond acceptors (Lipinski definition) is 3. The lowest BCUT2D eigenvalue weighted by atomic mass is 10.0. The Kier molecular flexibility index (Phi) is 4.97. The molecule has 108 valence electrons. The molecule has 4 heteroatoms. The largest absolute Gasteiger partial charge is 0.314 e. The van der Waals surface area contributed by atoms with E-state index in [1.165, 1.54) is 19.3 Å². The Morgan fingerprint density at radius 1 is 1.45 bits per heavy atom. The molecule has 0 saturated carbocycles. The molecule has 0 amide bonds. The maximum absolute atomic E-state index is 12.3. The molecule has 20 heavy (non-hydrogen) atoms. The fraction of sp³-hybridized carbons (Fsp3) is 0.625.